The highest BCUT2D eigenvalue weighted by atomic mass is 79.9. The molecule has 0 saturated heterocycles. The van der Waals surface area contributed by atoms with Crippen LogP contribution in [0.5, 0.6) is 11.5 Å². The van der Waals surface area contributed by atoms with Crippen LogP contribution in [0.2, 0.25) is 0 Å². The molecule has 0 radical (unpaired) electrons. The van der Waals surface area contributed by atoms with Gasteiger partial charge in [0.25, 0.3) is 11.6 Å². The number of ether oxygens (including phenoxy) is 2. The molecule has 0 saturated carbocycles. The lowest BCUT2D eigenvalue weighted by atomic mass is 10.1. The van der Waals surface area contributed by atoms with Gasteiger partial charge in [-0.15, -0.1) is 0 Å². The minimum absolute atomic E-state index is 0.128. The van der Waals surface area contributed by atoms with Crippen molar-refractivity contribution in [3.8, 4) is 17.6 Å². The fourth-order valence-electron chi connectivity index (χ4n) is 2.33. The Morgan fingerprint density at radius 1 is 1.31 bits per heavy atom. The van der Waals surface area contributed by atoms with Gasteiger partial charge in [0.1, 0.15) is 11.6 Å². The van der Waals surface area contributed by atoms with Gasteiger partial charge in [-0.2, -0.15) is 5.26 Å². The molecular formula is C19H15Br2N3O5. The molecule has 2 aromatic rings. The number of nitro benzene ring substituents is 1. The third-order valence-electron chi connectivity index (χ3n) is 3.63. The summed E-state index contributed by atoms with van der Waals surface area (Å²) in [5.74, 6) is 0.305. The molecule has 2 aromatic carbocycles. The van der Waals surface area contributed by atoms with Gasteiger partial charge in [0.15, 0.2) is 11.5 Å². The second kappa shape index (κ2) is 10.0. The summed E-state index contributed by atoms with van der Waals surface area (Å²) in [6.45, 7) is 2.29. The number of non-ortho nitro benzene ring substituents is 1. The molecule has 1 amide bonds. The SMILES string of the molecule is CCOc1c(Br)cc(C=C(C#N)C(=O)Nc2ccc([N+](=O)[O-])cc2Br)cc1OC. The average Bonchev–Trinajstić information content (AvgIpc) is 2.69. The molecule has 29 heavy (non-hydrogen) atoms. The monoisotopic (exact) mass is 523 g/mol. The first-order valence-electron chi connectivity index (χ1n) is 8.18. The van der Waals surface area contributed by atoms with Crippen molar-refractivity contribution in [2.45, 2.75) is 6.92 Å². The molecule has 0 aromatic heterocycles. The highest BCUT2D eigenvalue weighted by Crippen LogP contribution is 2.37. The number of nitro groups is 1. The molecule has 0 aliphatic rings. The summed E-state index contributed by atoms with van der Waals surface area (Å²) < 4.78 is 11.8. The molecule has 0 spiro atoms. The quantitative estimate of drug-likeness (QED) is 0.234. The van der Waals surface area contributed by atoms with Gasteiger partial charge >= 0.3 is 0 Å². The number of rotatable bonds is 7. The fourth-order valence-corrected chi connectivity index (χ4v) is 3.37. The number of amides is 1. The topological polar surface area (TPSA) is 114 Å². The third-order valence-corrected chi connectivity index (χ3v) is 4.87. The van der Waals surface area contributed by atoms with Gasteiger partial charge in [-0.25, -0.2) is 0 Å². The van der Waals surface area contributed by atoms with E-state index >= 15 is 0 Å². The number of methoxy groups -OCH3 is 1. The third kappa shape index (κ3) is 5.56. The molecule has 1 N–H and O–H groups in total. The lowest BCUT2D eigenvalue weighted by Gasteiger charge is -2.12. The molecule has 10 heteroatoms. The van der Waals surface area contributed by atoms with E-state index in [9.17, 15) is 20.2 Å². The second-order valence-corrected chi connectivity index (χ2v) is 7.22. The zero-order valence-corrected chi connectivity index (χ0v) is 18.5. The minimum Gasteiger partial charge on any atom is -0.493 e. The summed E-state index contributed by atoms with van der Waals surface area (Å²) in [5, 5.41) is 22.8. The van der Waals surface area contributed by atoms with E-state index in [0.29, 0.717) is 38.3 Å². The number of nitrogens with one attached hydrogen (secondary N) is 1. The Hall–Kier alpha value is -2.90. The second-order valence-electron chi connectivity index (χ2n) is 5.51. The Labute approximate surface area is 183 Å². The molecule has 0 aliphatic carbocycles. The van der Waals surface area contributed by atoms with Crippen molar-refractivity contribution in [1.29, 1.82) is 5.26 Å². The van der Waals surface area contributed by atoms with Gasteiger partial charge < -0.3 is 14.8 Å². The Morgan fingerprint density at radius 2 is 2.03 bits per heavy atom. The van der Waals surface area contributed by atoms with E-state index in [1.807, 2.05) is 13.0 Å². The van der Waals surface area contributed by atoms with E-state index in [4.69, 9.17) is 9.47 Å². The summed E-state index contributed by atoms with van der Waals surface area (Å²) >= 11 is 6.57. The van der Waals surface area contributed by atoms with E-state index < -0.39 is 10.8 Å². The molecule has 8 nitrogen and oxygen atoms in total. The maximum Gasteiger partial charge on any atom is 0.270 e. The average molecular weight is 525 g/mol. The summed E-state index contributed by atoms with van der Waals surface area (Å²) in [7, 11) is 1.49. The predicted molar refractivity (Wildman–Crippen MR) is 115 cm³/mol. The Bertz CT molecular complexity index is 1030. The van der Waals surface area contributed by atoms with Gasteiger partial charge in [-0.3, -0.25) is 14.9 Å². The highest BCUT2D eigenvalue weighted by molar-refractivity contribution is 9.11. The lowest BCUT2D eigenvalue weighted by molar-refractivity contribution is -0.384. The molecular weight excluding hydrogens is 510 g/mol. The van der Waals surface area contributed by atoms with Crippen LogP contribution in [0.15, 0.2) is 44.9 Å². The number of anilines is 1. The van der Waals surface area contributed by atoms with Crippen LogP contribution in [0.3, 0.4) is 0 Å². The number of nitriles is 1. The summed E-state index contributed by atoms with van der Waals surface area (Å²) in [6, 6.07) is 9.09. The van der Waals surface area contributed by atoms with Crippen molar-refractivity contribution in [2.24, 2.45) is 0 Å². The zero-order chi connectivity index (χ0) is 21.6. The van der Waals surface area contributed by atoms with Crippen LogP contribution in [0.4, 0.5) is 11.4 Å². The number of carbonyl (C=O) groups excluding carboxylic acids is 1. The Morgan fingerprint density at radius 3 is 2.59 bits per heavy atom. The van der Waals surface area contributed by atoms with Gasteiger partial charge in [-0.05, 0) is 68.6 Å². The zero-order valence-electron chi connectivity index (χ0n) is 15.4. The van der Waals surface area contributed by atoms with Crippen LogP contribution >= 0.6 is 31.9 Å². The maximum atomic E-state index is 12.5. The number of hydrogen-bond acceptors (Lipinski definition) is 6. The van der Waals surface area contributed by atoms with E-state index in [2.05, 4.69) is 37.2 Å². The van der Waals surface area contributed by atoms with E-state index in [-0.39, 0.29) is 11.3 Å². The van der Waals surface area contributed by atoms with Crippen LogP contribution in [0, 0.1) is 21.4 Å². The minimum atomic E-state index is -0.661. The van der Waals surface area contributed by atoms with Crippen molar-refractivity contribution in [3.05, 3.63) is 60.5 Å². The van der Waals surface area contributed by atoms with Crippen molar-refractivity contribution in [1.82, 2.24) is 0 Å². The molecule has 0 aliphatic heterocycles. The Kier molecular flexibility index (Phi) is 7.75. The smallest absolute Gasteiger partial charge is 0.270 e. The fraction of sp³-hybridized carbons (Fsp3) is 0.158. The summed E-state index contributed by atoms with van der Waals surface area (Å²) in [4.78, 5) is 22.8. The van der Waals surface area contributed by atoms with Crippen molar-refractivity contribution in [3.63, 3.8) is 0 Å². The van der Waals surface area contributed by atoms with Crippen LogP contribution in [-0.2, 0) is 4.79 Å². The first-order valence-corrected chi connectivity index (χ1v) is 9.76. The molecule has 0 bridgehead atoms. The first-order chi connectivity index (χ1) is 13.8. The normalized spacial score (nSPS) is 10.8. The molecule has 0 atom stereocenters. The largest absolute Gasteiger partial charge is 0.493 e. The van der Waals surface area contributed by atoms with Crippen molar-refractivity contribution >= 4 is 55.2 Å². The molecule has 0 unspecified atom stereocenters. The summed E-state index contributed by atoms with van der Waals surface area (Å²) in [5.41, 5.74) is 0.560. The van der Waals surface area contributed by atoms with Crippen molar-refractivity contribution < 1.29 is 19.2 Å². The lowest BCUT2D eigenvalue weighted by Crippen LogP contribution is -2.14. The number of benzene rings is 2. The van der Waals surface area contributed by atoms with Crippen LogP contribution in [-0.4, -0.2) is 24.5 Å². The number of carbonyl (C=O) groups is 1. The Balaban J connectivity index is 2.32. The van der Waals surface area contributed by atoms with Gasteiger partial charge in [0, 0.05) is 16.6 Å². The van der Waals surface area contributed by atoms with Crippen LogP contribution in [0.1, 0.15) is 12.5 Å². The first kappa shape index (κ1) is 22.4. The number of hydrogen-bond donors (Lipinski definition) is 1. The number of halogens is 2. The van der Waals surface area contributed by atoms with Gasteiger partial charge in [-0.1, -0.05) is 0 Å². The maximum absolute atomic E-state index is 12.5. The van der Waals surface area contributed by atoms with E-state index in [1.54, 1.807) is 12.1 Å². The van der Waals surface area contributed by atoms with Crippen LogP contribution in [0.25, 0.3) is 6.08 Å². The van der Waals surface area contributed by atoms with Crippen molar-refractivity contribution in [2.75, 3.05) is 19.0 Å². The molecule has 0 fully saturated rings. The van der Waals surface area contributed by atoms with Gasteiger partial charge in [0.05, 0.1) is 28.8 Å². The number of nitrogens with zero attached hydrogens (tertiary/aromatic N) is 2. The van der Waals surface area contributed by atoms with E-state index in [1.165, 1.54) is 31.4 Å². The highest BCUT2D eigenvalue weighted by Gasteiger charge is 2.16. The van der Waals surface area contributed by atoms with Gasteiger partial charge in [0.2, 0.25) is 0 Å². The predicted octanol–water partition coefficient (Wildman–Crippen LogP) is 5.07. The molecule has 2 rings (SSSR count). The van der Waals surface area contributed by atoms with E-state index in [0.717, 1.165) is 0 Å². The molecule has 150 valence electrons. The molecule has 0 heterocycles. The standard InChI is InChI=1S/C19H15Br2N3O5/c1-3-29-18-15(21)7-11(8-17(18)28-2)6-12(10-22)19(25)23-16-5-4-13(24(26)27)9-14(16)20/h4-9H,3H2,1-2H3,(H,23,25). The van der Waals surface area contributed by atoms with Crippen LogP contribution < -0.4 is 14.8 Å². The summed E-state index contributed by atoms with van der Waals surface area (Å²) in [6.07, 6.45) is 1.40.